The smallest absolute Gasteiger partial charge is 0.338 e. The van der Waals surface area contributed by atoms with E-state index in [9.17, 15) is 4.79 Å². The van der Waals surface area contributed by atoms with Gasteiger partial charge in [-0.15, -0.1) is 0 Å². The number of benzene rings is 1. The van der Waals surface area contributed by atoms with Crippen LogP contribution >= 0.6 is 11.6 Å². The first-order valence-electron chi connectivity index (χ1n) is 6.75. The van der Waals surface area contributed by atoms with E-state index in [4.69, 9.17) is 25.8 Å². The number of carbonyl (C=O) groups excluding carboxylic acids is 1. The Hall–Kier alpha value is -1.46. The Kier molecular flexibility index (Phi) is 4.96. The molecule has 0 saturated carbocycles. The Balaban J connectivity index is 2.33. The highest BCUT2D eigenvalue weighted by molar-refractivity contribution is 6.32. The van der Waals surface area contributed by atoms with Gasteiger partial charge < -0.3 is 19.1 Å². The minimum Gasteiger partial charge on any atom is -0.489 e. The molecule has 6 heteroatoms. The minimum atomic E-state index is -0.435. The molecular weight excluding hydrogens is 294 g/mol. The number of carbonyl (C=O) groups is 1. The summed E-state index contributed by atoms with van der Waals surface area (Å²) in [5.41, 5.74) is 1.09. The van der Waals surface area contributed by atoms with Crippen LogP contribution in [-0.4, -0.2) is 51.8 Å². The highest BCUT2D eigenvalue weighted by Crippen LogP contribution is 2.42. The maximum Gasteiger partial charge on any atom is 0.338 e. The van der Waals surface area contributed by atoms with Gasteiger partial charge in [0.1, 0.15) is 0 Å². The van der Waals surface area contributed by atoms with Crippen LogP contribution in [0.5, 0.6) is 11.5 Å². The van der Waals surface area contributed by atoms with Gasteiger partial charge in [-0.25, -0.2) is 4.79 Å². The summed E-state index contributed by atoms with van der Waals surface area (Å²) in [5.74, 6) is 0.839. The molecule has 0 aromatic heterocycles. The van der Waals surface area contributed by atoms with Crippen LogP contribution in [0.15, 0.2) is 6.07 Å². The molecule has 1 aromatic carbocycles. The van der Waals surface area contributed by atoms with Crippen LogP contribution in [0.3, 0.4) is 0 Å². The molecule has 0 saturated heterocycles. The number of fused-ring (bicyclic) bond motifs is 1. The van der Waals surface area contributed by atoms with Crippen LogP contribution in [0.1, 0.15) is 15.9 Å². The summed E-state index contributed by atoms with van der Waals surface area (Å²) in [6.07, 6.45) is 0. The number of rotatable bonds is 3. The Labute approximate surface area is 129 Å². The molecule has 0 spiro atoms. The monoisotopic (exact) mass is 313 g/mol. The molecule has 1 heterocycles. The van der Waals surface area contributed by atoms with Gasteiger partial charge in [-0.3, -0.25) is 0 Å². The topological polar surface area (TPSA) is 48.0 Å². The fraction of sp³-hybridized carbons (Fsp3) is 0.533. The van der Waals surface area contributed by atoms with Crippen molar-refractivity contribution in [2.75, 3.05) is 41.0 Å². The van der Waals surface area contributed by atoms with E-state index in [2.05, 4.69) is 4.90 Å². The van der Waals surface area contributed by atoms with E-state index in [1.807, 2.05) is 14.1 Å². The van der Waals surface area contributed by atoms with Gasteiger partial charge in [0.05, 0.1) is 30.9 Å². The molecule has 116 valence electrons. The van der Waals surface area contributed by atoms with Crippen molar-refractivity contribution >= 4 is 17.6 Å². The second-order valence-corrected chi connectivity index (χ2v) is 5.84. The average Bonchev–Trinajstić information content (AvgIpc) is 2.64. The lowest BCUT2D eigenvalue weighted by Crippen LogP contribution is -2.29. The Bertz CT molecular complexity index is 545. The van der Waals surface area contributed by atoms with E-state index in [0.29, 0.717) is 40.9 Å². The van der Waals surface area contributed by atoms with Gasteiger partial charge in [-0.1, -0.05) is 11.6 Å². The summed E-state index contributed by atoms with van der Waals surface area (Å²) < 4.78 is 16.4. The van der Waals surface area contributed by atoms with E-state index >= 15 is 0 Å². The largest absolute Gasteiger partial charge is 0.489 e. The SMILES string of the molecule is COC(=O)c1cc(Cl)c2c(c1C)OCC(CN(C)C)CO2. The van der Waals surface area contributed by atoms with Gasteiger partial charge in [0.15, 0.2) is 11.5 Å². The highest BCUT2D eigenvalue weighted by Gasteiger charge is 2.26. The van der Waals surface area contributed by atoms with E-state index in [0.717, 1.165) is 6.54 Å². The summed E-state index contributed by atoms with van der Waals surface area (Å²) in [6, 6.07) is 1.57. The fourth-order valence-corrected chi connectivity index (χ4v) is 2.65. The molecule has 0 fully saturated rings. The first-order chi connectivity index (χ1) is 9.93. The molecule has 0 aliphatic carbocycles. The summed E-state index contributed by atoms with van der Waals surface area (Å²) in [6.45, 7) is 3.71. The molecule has 0 amide bonds. The number of nitrogens with zero attached hydrogens (tertiary/aromatic N) is 1. The fourth-order valence-electron chi connectivity index (χ4n) is 2.40. The third-order valence-electron chi connectivity index (χ3n) is 3.39. The molecule has 1 unspecified atom stereocenters. The highest BCUT2D eigenvalue weighted by atomic mass is 35.5. The zero-order valence-corrected chi connectivity index (χ0v) is 13.5. The standard InChI is InChI=1S/C15H20ClNO4/c1-9-11(15(18)19-4)5-12(16)14-13(9)20-7-10(8-21-14)6-17(2)3/h5,10H,6-8H2,1-4H3. The van der Waals surface area contributed by atoms with Crippen LogP contribution in [0.25, 0.3) is 0 Å². The van der Waals surface area contributed by atoms with Gasteiger partial charge >= 0.3 is 5.97 Å². The summed E-state index contributed by atoms with van der Waals surface area (Å²) in [4.78, 5) is 13.9. The molecule has 1 aromatic rings. The van der Waals surface area contributed by atoms with Gasteiger partial charge in [-0.05, 0) is 27.1 Å². The zero-order chi connectivity index (χ0) is 15.6. The van der Waals surface area contributed by atoms with Crippen molar-refractivity contribution < 1.29 is 19.0 Å². The van der Waals surface area contributed by atoms with Crippen LogP contribution in [-0.2, 0) is 4.74 Å². The average molecular weight is 314 g/mol. The first kappa shape index (κ1) is 15.9. The van der Waals surface area contributed by atoms with E-state index in [-0.39, 0.29) is 5.92 Å². The molecule has 2 rings (SSSR count). The van der Waals surface area contributed by atoms with Crippen molar-refractivity contribution in [2.45, 2.75) is 6.92 Å². The molecular formula is C15H20ClNO4. The lowest BCUT2D eigenvalue weighted by Gasteiger charge is -2.17. The van der Waals surface area contributed by atoms with Crippen molar-refractivity contribution in [2.24, 2.45) is 5.92 Å². The predicted molar refractivity (Wildman–Crippen MR) is 80.6 cm³/mol. The molecule has 0 bridgehead atoms. The lowest BCUT2D eigenvalue weighted by atomic mass is 10.1. The molecule has 21 heavy (non-hydrogen) atoms. The number of hydrogen-bond donors (Lipinski definition) is 0. The second kappa shape index (κ2) is 6.54. The third kappa shape index (κ3) is 3.41. The number of esters is 1. The maximum absolute atomic E-state index is 11.8. The third-order valence-corrected chi connectivity index (χ3v) is 3.67. The Morgan fingerprint density at radius 3 is 2.57 bits per heavy atom. The summed E-state index contributed by atoms with van der Waals surface area (Å²) in [5, 5.41) is 0.363. The first-order valence-corrected chi connectivity index (χ1v) is 7.13. The van der Waals surface area contributed by atoms with E-state index in [1.165, 1.54) is 7.11 Å². The van der Waals surface area contributed by atoms with Crippen molar-refractivity contribution in [1.29, 1.82) is 0 Å². The number of methoxy groups -OCH3 is 1. The van der Waals surface area contributed by atoms with Crippen LogP contribution in [0.4, 0.5) is 0 Å². The van der Waals surface area contributed by atoms with Crippen LogP contribution in [0, 0.1) is 12.8 Å². The normalized spacial score (nSPS) is 17.5. The minimum absolute atomic E-state index is 0.240. The molecule has 1 aliphatic heterocycles. The van der Waals surface area contributed by atoms with Crippen molar-refractivity contribution in [3.05, 3.63) is 22.2 Å². The molecule has 0 radical (unpaired) electrons. The van der Waals surface area contributed by atoms with E-state index < -0.39 is 5.97 Å². The van der Waals surface area contributed by atoms with E-state index in [1.54, 1.807) is 13.0 Å². The quantitative estimate of drug-likeness (QED) is 0.802. The maximum atomic E-state index is 11.8. The molecule has 0 N–H and O–H groups in total. The second-order valence-electron chi connectivity index (χ2n) is 5.43. The van der Waals surface area contributed by atoms with Crippen molar-refractivity contribution in [3.8, 4) is 11.5 Å². The van der Waals surface area contributed by atoms with Gasteiger partial charge in [0.2, 0.25) is 0 Å². The van der Waals surface area contributed by atoms with Crippen molar-refractivity contribution in [3.63, 3.8) is 0 Å². The van der Waals surface area contributed by atoms with Crippen molar-refractivity contribution in [1.82, 2.24) is 4.90 Å². The van der Waals surface area contributed by atoms with Crippen LogP contribution < -0.4 is 9.47 Å². The number of halogens is 1. The summed E-state index contributed by atoms with van der Waals surface area (Å²) >= 11 is 6.22. The molecule has 5 nitrogen and oxygen atoms in total. The Morgan fingerprint density at radius 2 is 2.00 bits per heavy atom. The molecule has 1 aliphatic rings. The predicted octanol–water partition coefficient (Wildman–Crippen LogP) is 2.38. The van der Waals surface area contributed by atoms with Gasteiger partial charge in [0.25, 0.3) is 0 Å². The lowest BCUT2D eigenvalue weighted by molar-refractivity contribution is 0.0599. The van der Waals surface area contributed by atoms with Gasteiger partial charge in [-0.2, -0.15) is 0 Å². The zero-order valence-electron chi connectivity index (χ0n) is 12.7. The van der Waals surface area contributed by atoms with Crippen LogP contribution in [0.2, 0.25) is 5.02 Å². The van der Waals surface area contributed by atoms with Gasteiger partial charge in [0, 0.05) is 18.0 Å². The number of ether oxygens (including phenoxy) is 3. The molecule has 1 atom stereocenters. The number of hydrogen-bond acceptors (Lipinski definition) is 5. The summed E-state index contributed by atoms with van der Waals surface area (Å²) in [7, 11) is 5.35. The Morgan fingerprint density at radius 1 is 1.38 bits per heavy atom.